The van der Waals surface area contributed by atoms with Crippen molar-refractivity contribution in [2.24, 2.45) is 0 Å². The predicted molar refractivity (Wildman–Crippen MR) is 81.1 cm³/mol. The molecule has 0 spiro atoms. The van der Waals surface area contributed by atoms with E-state index >= 15 is 0 Å². The second-order valence-corrected chi connectivity index (χ2v) is 5.06. The summed E-state index contributed by atoms with van der Waals surface area (Å²) in [5, 5.41) is 14.1. The van der Waals surface area contributed by atoms with Crippen molar-refractivity contribution < 1.29 is 14.1 Å². The zero-order valence-electron chi connectivity index (χ0n) is 11.1. The minimum absolute atomic E-state index is 0.146. The summed E-state index contributed by atoms with van der Waals surface area (Å²) in [4.78, 5) is 10.6. The van der Waals surface area contributed by atoms with Crippen molar-refractivity contribution in [1.82, 2.24) is 0 Å². The molecule has 0 aliphatic carbocycles. The Morgan fingerprint density at radius 3 is 2.81 bits per heavy atom. The number of hydrogen-bond acceptors (Lipinski definition) is 4. The van der Waals surface area contributed by atoms with Crippen molar-refractivity contribution in [2.75, 3.05) is 12.4 Å². The van der Waals surface area contributed by atoms with Crippen molar-refractivity contribution in [3.8, 4) is 5.75 Å². The topological polar surface area (TPSA) is 64.4 Å². The van der Waals surface area contributed by atoms with E-state index in [-0.39, 0.29) is 23.8 Å². The van der Waals surface area contributed by atoms with Crippen LogP contribution < -0.4 is 10.1 Å². The number of para-hydroxylation sites is 1. The Kier molecular flexibility index (Phi) is 4.74. The Hall–Kier alpha value is -2.15. The number of halogens is 2. The summed E-state index contributed by atoms with van der Waals surface area (Å²) in [5.74, 6) is -0.196. The van der Waals surface area contributed by atoms with Gasteiger partial charge >= 0.3 is 5.69 Å². The molecule has 2 rings (SSSR count). The van der Waals surface area contributed by atoms with Gasteiger partial charge in [-0.05, 0) is 35.9 Å². The lowest BCUT2D eigenvalue weighted by molar-refractivity contribution is -0.384. The van der Waals surface area contributed by atoms with Crippen LogP contribution in [0.5, 0.6) is 5.75 Å². The lowest BCUT2D eigenvalue weighted by Crippen LogP contribution is -2.04. The van der Waals surface area contributed by atoms with Crippen molar-refractivity contribution in [3.63, 3.8) is 0 Å². The molecular formula is C14H12BrFN2O3. The van der Waals surface area contributed by atoms with Gasteiger partial charge in [0.2, 0.25) is 0 Å². The minimum atomic E-state index is -0.512. The van der Waals surface area contributed by atoms with E-state index in [1.807, 2.05) is 0 Å². The summed E-state index contributed by atoms with van der Waals surface area (Å²) in [6.45, 7) is 0.242. The SMILES string of the molecule is COc1cccc(NCc2cc(F)ccc2Br)c1[N+](=O)[O-]. The number of methoxy groups -OCH3 is 1. The number of nitrogens with one attached hydrogen (secondary N) is 1. The molecule has 1 N–H and O–H groups in total. The molecule has 7 heteroatoms. The standard InChI is InChI=1S/C14H12BrFN2O3/c1-21-13-4-2-3-12(14(13)18(19)20)17-8-9-7-10(16)5-6-11(9)15/h2-7,17H,8H2,1H3. The highest BCUT2D eigenvalue weighted by Crippen LogP contribution is 2.34. The van der Waals surface area contributed by atoms with Gasteiger partial charge in [-0.1, -0.05) is 22.0 Å². The monoisotopic (exact) mass is 354 g/mol. The Balaban J connectivity index is 2.28. The summed E-state index contributed by atoms with van der Waals surface area (Å²) in [5.41, 5.74) is 0.829. The van der Waals surface area contributed by atoms with Gasteiger partial charge in [-0.15, -0.1) is 0 Å². The largest absolute Gasteiger partial charge is 0.490 e. The van der Waals surface area contributed by atoms with Gasteiger partial charge in [0, 0.05) is 11.0 Å². The molecule has 0 saturated carbocycles. The molecule has 5 nitrogen and oxygen atoms in total. The summed E-state index contributed by atoms with van der Waals surface area (Å²) in [7, 11) is 1.37. The third-order valence-electron chi connectivity index (χ3n) is 2.88. The zero-order valence-corrected chi connectivity index (χ0v) is 12.7. The lowest BCUT2D eigenvalue weighted by atomic mass is 10.2. The van der Waals surface area contributed by atoms with Crippen LogP contribution in [0.1, 0.15) is 5.56 Å². The molecule has 0 heterocycles. The molecule has 0 bridgehead atoms. The molecule has 2 aromatic carbocycles. The number of anilines is 1. The van der Waals surface area contributed by atoms with E-state index in [0.717, 1.165) is 4.47 Å². The maximum absolute atomic E-state index is 13.2. The van der Waals surface area contributed by atoms with Gasteiger partial charge in [-0.3, -0.25) is 10.1 Å². The van der Waals surface area contributed by atoms with Crippen molar-refractivity contribution in [1.29, 1.82) is 0 Å². The van der Waals surface area contributed by atoms with Crippen LogP contribution in [0.3, 0.4) is 0 Å². The van der Waals surface area contributed by atoms with Gasteiger partial charge < -0.3 is 10.1 Å². The van der Waals surface area contributed by atoms with Gasteiger partial charge in [-0.2, -0.15) is 0 Å². The second-order valence-electron chi connectivity index (χ2n) is 4.20. The maximum Gasteiger partial charge on any atom is 0.333 e. The van der Waals surface area contributed by atoms with E-state index in [1.54, 1.807) is 18.2 Å². The van der Waals surface area contributed by atoms with Gasteiger partial charge in [0.25, 0.3) is 0 Å². The number of nitrogens with zero attached hydrogens (tertiary/aromatic N) is 1. The minimum Gasteiger partial charge on any atom is -0.490 e. The van der Waals surface area contributed by atoms with Crippen LogP contribution in [0.25, 0.3) is 0 Å². The molecule has 0 radical (unpaired) electrons. The highest BCUT2D eigenvalue weighted by molar-refractivity contribution is 9.10. The quantitative estimate of drug-likeness (QED) is 0.647. The van der Waals surface area contributed by atoms with E-state index in [1.165, 1.54) is 25.3 Å². The van der Waals surface area contributed by atoms with Crippen LogP contribution in [-0.4, -0.2) is 12.0 Å². The maximum atomic E-state index is 13.2. The number of hydrogen-bond donors (Lipinski definition) is 1. The van der Waals surface area contributed by atoms with E-state index < -0.39 is 4.92 Å². The Bertz CT molecular complexity index is 679. The van der Waals surface area contributed by atoms with Crippen LogP contribution in [0.4, 0.5) is 15.8 Å². The molecule has 110 valence electrons. The fourth-order valence-corrected chi connectivity index (χ4v) is 2.27. The summed E-state index contributed by atoms with van der Waals surface area (Å²) in [6, 6.07) is 9.03. The molecule has 0 amide bonds. The molecule has 0 unspecified atom stereocenters. The van der Waals surface area contributed by atoms with E-state index in [4.69, 9.17) is 4.74 Å². The molecule has 0 aromatic heterocycles. The first-order valence-electron chi connectivity index (χ1n) is 6.02. The van der Waals surface area contributed by atoms with E-state index in [9.17, 15) is 14.5 Å². The number of nitro groups is 1. The third kappa shape index (κ3) is 3.49. The van der Waals surface area contributed by atoms with Crippen LogP contribution in [0.2, 0.25) is 0 Å². The smallest absolute Gasteiger partial charge is 0.333 e. The molecule has 0 saturated heterocycles. The average molecular weight is 355 g/mol. The van der Waals surface area contributed by atoms with Crippen LogP contribution in [0.15, 0.2) is 40.9 Å². The Morgan fingerprint density at radius 2 is 2.14 bits per heavy atom. The highest BCUT2D eigenvalue weighted by atomic mass is 79.9. The number of rotatable bonds is 5. The summed E-state index contributed by atoms with van der Waals surface area (Å²) < 4.78 is 18.9. The fourth-order valence-electron chi connectivity index (χ4n) is 1.89. The highest BCUT2D eigenvalue weighted by Gasteiger charge is 2.20. The molecule has 0 fully saturated rings. The molecule has 2 aromatic rings. The predicted octanol–water partition coefficient (Wildman–Crippen LogP) is 4.12. The van der Waals surface area contributed by atoms with Crippen LogP contribution in [-0.2, 0) is 6.54 Å². The number of nitro benzene ring substituents is 1. The Morgan fingerprint density at radius 1 is 1.38 bits per heavy atom. The number of ether oxygens (including phenoxy) is 1. The molecule has 21 heavy (non-hydrogen) atoms. The van der Waals surface area contributed by atoms with Gasteiger partial charge in [-0.25, -0.2) is 4.39 Å². The second kappa shape index (κ2) is 6.53. The third-order valence-corrected chi connectivity index (χ3v) is 3.65. The summed E-state index contributed by atoms with van der Waals surface area (Å²) >= 11 is 3.31. The molecule has 0 aliphatic heterocycles. The van der Waals surface area contributed by atoms with Gasteiger partial charge in [0.15, 0.2) is 5.75 Å². The first-order chi connectivity index (χ1) is 10.0. The van der Waals surface area contributed by atoms with Crippen LogP contribution in [0, 0.1) is 15.9 Å². The van der Waals surface area contributed by atoms with Gasteiger partial charge in [0.05, 0.1) is 12.0 Å². The van der Waals surface area contributed by atoms with Crippen molar-refractivity contribution in [2.45, 2.75) is 6.54 Å². The fraction of sp³-hybridized carbons (Fsp3) is 0.143. The zero-order chi connectivity index (χ0) is 15.4. The van der Waals surface area contributed by atoms with E-state index in [0.29, 0.717) is 11.3 Å². The number of benzene rings is 2. The molecule has 0 atom stereocenters. The average Bonchev–Trinajstić information content (AvgIpc) is 2.47. The van der Waals surface area contributed by atoms with Gasteiger partial charge in [0.1, 0.15) is 11.5 Å². The summed E-state index contributed by atoms with van der Waals surface area (Å²) in [6.07, 6.45) is 0. The van der Waals surface area contributed by atoms with E-state index in [2.05, 4.69) is 21.2 Å². The normalized spacial score (nSPS) is 10.2. The molecule has 0 aliphatic rings. The van der Waals surface area contributed by atoms with Crippen LogP contribution >= 0.6 is 15.9 Å². The first-order valence-corrected chi connectivity index (χ1v) is 6.81. The van der Waals surface area contributed by atoms with Crippen molar-refractivity contribution >= 4 is 27.3 Å². The first kappa shape index (κ1) is 15.2. The lowest BCUT2D eigenvalue weighted by Gasteiger charge is -2.10. The molecular weight excluding hydrogens is 343 g/mol. The van der Waals surface area contributed by atoms with Crippen molar-refractivity contribution in [3.05, 3.63) is 62.4 Å². The Labute approximate surface area is 129 Å².